The van der Waals surface area contributed by atoms with Gasteiger partial charge in [-0.25, -0.2) is 4.39 Å². The van der Waals surface area contributed by atoms with Crippen molar-refractivity contribution >= 4 is 6.21 Å². The van der Waals surface area contributed by atoms with Crippen LogP contribution in [0.4, 0.5) is 4.39 Å². The highest BCUT2D eigenvalue weighted by atomic mass is 19.1. The van der Waals surface area contributed by atoms with Gasteiger partial charge in [0.15, 0.2) is 0 Å². The molecule has 1 aromatic carbocycles. The van der Waals surface area contributed by atoms with Crippen molar-refractivity contribution < 1.29 is 14.3 Å². The minimum Gasteiger partial charge on any atom is -0.411 e. The molecule has 0 amide bonds. The minimum atomic E-state index is -1.26. The van der Waals surface area contributed by atoms with E-state index in [9.17, 15) is 4.39 Å². The van der Waals surface area contributed by atoms with Crippen LogP contribution in [0.1, 0.15) is 12.0 Å². The average Bonchev–Trinajstić information content (AvgIpc) is 2.36. The first kappa shape index (κ1) is 13.4. The Morgan fingerprint density at radius 1 is 1.41 bits per heavy atom. The Kier molecular flexibility index (Phi) is 5.96. The SMILES string of the molecule is C=CC[C@H](F)[C@@H](/C=N\O)OCc1ccccc1. The van der Waals surface area contributed by atoms with Crippen molar-refractivity contribution in [2.75, 3.05) is 0 Å². The van der Waals surface area contributed by atoms with Crippen molar-refractivity contribution in [3.8, 4) is 0 Å². The zero-order chi connectivity index (χ0) is 12.5. The molecule has 0 unspecified atom stereocenters. The highest BCUT2D eigenvalue weighted by Gasteiger charge is 2.18. The molecule has 0 spiro atoms. The first-order valence-electron chi connectivity index (χ1n) is 5.36. The van der Waals surface area contributed by atoms with Crippen LogP contribution in [0.15, 0.2) is 48.1 Å². The lowest BCUT2D eigenvalue weighted by Crippen LogP contribution is -2.26. The maximum atomic E-state index is 13.6. The van der Waals surface area contributed by atoms with Crippen LogP contribution >= 0.6 is 0 Å². The van der Waals surface area contributed by atoms with Gasteiger partial charge in [-0.1, -0.05) is 41.6 Å². The Hall–Kier alpha value is -1.68. The molecule has 0 saturated carbocycles. The smallest absolute Gasteiger partial charge is 0.135 e. The first-order valence-corrected chi connectivity index (χ1v) is 5.36. The Labute approximate surface area is 100 Å². The number of hydrogen-bond acceptors (Lipinski definition) is 3. The van der Waals surface area contributed by atoms with Gasteiger partial charge >= 0.3 is 0 Å². The molecule has 4 heteroatoms. The highest BCUT2D eigenvalue weighted by molar-refractivity contribution is 5.63. The molecule has 0 bridgehead atoms. The normalized spacial score (nSPS) is 14.6. The van der Waals surface area contributed by atoms with Gasteiger partial charge in [0, 0.05) is 0 Å². The fourth-order valence-electron chi connectivity index (χ4n) is 1.37. The van der Waals surface area contributed by atoms with E-state index in [1.165, 1.54) is 6.08 Å². The second-order valence-electron chi connectivity index (χ2n) is 3.57. The van der Waals surface area contributed by atoms with Gasteiger partial charge < -0.3 is 9.94 Å². The van der Waals surface area contributed by atoms with Gasteiger partial charge in [-0.15, -0.1) is 6.58 Å². The van der Waals surface area contributed by atoms with Crippen molar-refractivity contribution in [1.29, 1.82) is 0 Å². The number of rotatable bonds is 7. The number of oxime groups is 1. The summed E-state index contributed by atoms with van der Waals surface area (Å²) in [6.07, 6.45) is 0.558. The second-order valence-corrected chi connectivity index (χ2v) is 3.57. The van der Waals surface area contributed by atoms with E-state index in [1.807, 2.05) is 30.3 Å². The number of halogens is 1. The molecule has 0 fully saturated rings. The van der Waals surface area contributed by atoms with E-state index in [0.717, 1.165) is 11.8 Å². The van der Waals surface area contributed by atoms with E-state index in [-0.39, 0.29) is 13.0 Å². The minimum absolute atomic E-state index is 0.158. The van der Waals surface area contributed by atoms with Gasteiger partial charge in [0.25, 0.3) is 0 Å². The maximum Gasteiger partial charge on any atom is 0.135 e. The van der Waals surface area contributed by atoms with E-state index >= 15 is 0 Å². The summed E-state index contributed by atoms with van der Waals surface area (Å²) in [5, 5.41) is 11.3. The van der Waals surface area contributed by atoms with Crippen LogP contribution in [0.25, 0.3) is 0 Å². The lowest BCUT2D eigenvalue weighted by atomic mass is 10.1. The van der Waals surface area contributed by atoms with Crippen LogP contribution in [0.3, 0.4) is 0 Å². The molecular weight excluding hydrogens is 221 g/mol. The monoisotopic (exact) mass is 237 g/mol. The standard InChI is InChI=1S/C13H16FNO2/c1-2-6-12(14)13(9-15-16)17-10-11-7-4-3-5-8-11/h2-5,7-9,12-13,16H,1,6,10H2/b15-9-/t12-,13+/m0/s1. The lowest BCUT2D eigenvalue weighted by Gasteiger charge is -2.16. The Morgan fingerprint density at radius 3 is 2.71 bits per heavy atom. The van der Waals surface area contributed by atoms with Gasteiger partial charge in [-0.2, -0.15) is 0 Å². The molecule has 1 rings (SSSR count). The molecule has 0 aromatic heterocycles. The lowest BCUT2D eigenvalue weighted by molar-refractivity contribution is 0.0326. The molecule has 0 radical (unpaired) electrons. The largest absolute Gasteiger partial charge is 0.411 e. The molecule has 0 heterocycles. The van der Waals surface area contributed by atoms with Crippen LogP contribution in [0.2, 0.25) is 0 Å². The quantitative estimate of drug-likeness (QED) is 0.343. The van der Waals surface area contributed by atoms with Gasteiger partial charge in [0.05, 0.1) is 12.8 Å². The summed E-state index contributed by atoms with van der Waals surface area (Å²) >= 11 is 0. The number of allylic oxidation sites excluding steroid dienone is 1. The van der Waals surface area contributed by atoms with Crippen molar-refractivity contribution in [2.24, 2.45) is 5.16 Å². The van der Waals surface area contributed by atoms with Crippen molar-refractivity contribution in [2.45, 2.75) is 25.3 Å². The molecule has 0 aliphatic rings. The summed E-state index contributed by atoms with van der Waals surface area (Å²) in [6, 6.07) is 9.42. The predicted molar refractivity (Wildman–Crippen MR) is 65.0 cm³/mol. The molecule has 1 aromatic rings. The van der Waals surface area contributed by atoms with Crippen molar-refractivity contribution in [1.82, 2.24) is 0 Å². The molecule has 92 valence electrons. The van der Waals surface area contributed by atoms with Crippen LogP contribution < -0.4 is 0 Å². The number of ether oxygens (including phenoxy) is 1. The van der Waals surface area contributed by atoms with Gasteiger partial charge in [-0.05, 0) is 12.0 Å². The summed E-state index contributed by atoms with van der Waals surface area (Å²) < 4.78 is 18.9. The Morgan fingerprint density at radius 2 is 2.12 bits per heavy atom. The Bertz CT molecular complexity index is 354. The van der Waals surface area contributed by atoms with Crippen LogP contribution in [-0.4, -0.2) is 23.7 Å². The van der Waals surface area contributed by atoms with Crippen molar-refractivity contribution in [3.63, 3.8) is 0 Å². The summed E-state index contributed by atoms with van der Waals surface area (Å²) in [4.78, 5) is 0. The second kappa shape index (κ2) is 7.57. The summed E-state index contributed by atoms with van der Waals surface area (Å²) in [5.74, 6) is 0. The third-order valence-corrected chi connectivity index (χ3v) is 2.25. The van der Waals surface area contributed by atoms with Gasteiger partial charge in [-0.3, -0.25) is 0 Å². The summed E-state index contributed by atoms with van der Waals surface area (Å²) in [7, 11) is 0. The van der Waals surface area contributed by atoms with Crippen LogP contribution in [-0.2, 0) is 11.3 Å². The van der Waals surface area contributed by atoms with Gasteiger partial charge in [0.1, 0.15) is 12.3 Å². The zero-order valence-electron chi connectivity index (χ0n) is 9.50. The zero-order valence-corrected chi connectivity index (χ0v) is 9.50. The van der Waals surface area contributed by atoms with Crippen LogP contribution in [0, 0.1) is 0 Å². The molecule has 1 N–H and O–H groups in total. The van der Waals surface area contributed by atoms with E-state index in [0.29, 0.717) is 0 Å². The highest BCUT2D eigenvalue weighted by Crippen LogP contribution is 2.10. The molecule has 0 aliphatic heterocycles. The van der Waals surface area contributed by atoms with Gasteiger partial charge in [0.2, 0.25) is 0 Å². The van der Waals surface area contributed by atoms with E-state index in [2.05, 4.69) is 11.7 Å². The fourth-order valence-corrected chi connectivity index (χ4v) is 1.37. The molecular formula is C13H16FNO2. The fraction of sp³-hybridized carbons (Fsp3) is 0.308. The molecule has 2 atom stereocenters. The Balaban J connectivity index is 2.52. The third-order valence-electron chi connectivity index (χ3n) is 2.25. The number of hydrogen-bond donors (Lipinski definition) is 1. The molecule has 17 heavy (non-hydrogen) atoms. The summed E-state index contributed by atoms with van der Waals surface area (Å²) in [5.41, 5.74) is 0.939. The third kappa shape index (κ3) is 4.78. The topological polar surface area (TPSA) is 41.8 Å². The summed E-state index contributed by atoms with van der Waals surface area (Å²) in [6.45, 7) is 3.73. The molecule has 3 nitrogen and oxygen atoms in total. The maximum absolute atomic E-state index is 13.6. The molecule has 0 aliphatic carbocycles. The number of benzene rings is 1. The predicted octanol–water partition coefficient (Wildman–Crippen LogP) is 2.95. The number of alkyl halides is 1. The number of nitrogens with zero attached hydrogens (tertiary/aromatic N) is 1. The molecule has 0 saturated heterocycles. The van der Waals surface area contributed by atoms with E-state index in [1.54, 1.807) is 0 Å². The average molecular weight is 237 g/mol. The van der Waals surface area contributed by atoms with E-state index in [4.69, 9.17) is 9.94 Å². The first-order chi connectivity index (χ1) is 8.27. The van der Waals surface area contributed by atoms with Crippen molar-refractivity contribution in [3.05, 3.63) is 48.6 Å². The van der Waals surface area contributed by atoms with E-state index < -0.39 is 12.3 Å². The van der Waals surface area contributed by atoms with Crippen LogP contribution in [0.5, 0.6) is 0 Å².